The van der Waals surface area contributed by atoms with Gasteiger partial charge in [-0.25, -0.2) is 0 Å². The number of hydrogen-bond donors (Lipinski definition) is 1. The summed E-state index contributed by atoms with van der Waals surface area (Å²) in [5.41, 5.74) is 2.47. The number of rotatable bonds is 3. The molecule has 3 nitrogen and oxygen atoms in total. The first-order valence-corrected chi connectivity index (χ1v) is 6.91. The van der Waals surface area contributed by atoms with Crippen LogP contribution in [-0.2, 0) is 0 Å². The number of nitrogens with one attached hydrogen (secondary N) is 1. The van der Waals surface area contributed by atoms with Crippen molar-refractivity contribution in [2.24, 2.45) is 0 Å². The van der Waals surface area contributed by atoms with Gasteiger partial charge in [0.15, 0.2) is 11.5 Å². The van der Waals surface area contributed by atoms with Crippen LogP contribution in [0, 0.1) is 0 Å². The van der Waals surface area contributed by atoms with Gasteiger partial charge in [-0.05, 0) is 47.1 Å². The van der Waals surface area contributed by atoms with Gasteiger partial charge in [0.25, 0.3) is 0 Å². The van der Waals surface area contributed by atoms with Crippen molar-refractivity contribution in [3.05, 3.63) is 46.2 Å². The molecule has 94 valence electrons. The van der Waals surface area contributed by atoms with E-state index in [2.05, 4.69) is 34.3 Å². The molecule has 0 aliphatic carbocycles. The lowest BCUT2D eigenvalue weighted by molar-refractivity contribution is 0.171. The highest BCUT2D eigenvalue weighted by Crippen LogP contribution is 2.34. The molecule has 2 aromatic rings. The van der Waals surface area contributed by atoms with Crippen LogP contribution in [0.25, 0.3) is 0 Å². The molecule has 1 aliphatic heterocycles. The smallest absolute Gasteiger partial charge is 0.161 e. The summed E-state index contributed by atoms with van der Waals surface area (Å²) in [7, 11) is 1.97. The first-order valence-electron chi connectivity index (χ1n) is 5.97. The summed E-state index contributed by atoms with van der Waals surface area (Å²) in [6.45, 7) is 1.26. The van der Waals surface area contributed by atoms with E-state index in [1.807, 2.05) is 13.1 Å². The van der Waals surface area contributed by atoms with Gasteiger partial charge in [0.1, 0.15) is 13.2 Å². The standard InChI is InChI=1S/C14H15NO2S/c1-15-14(11-4-7-18-9-11)10-2-3-12-13(8-10)17-6-5-16-12/h2-4,7-9,14-15H,5-6H2,1H3. The number of thiophene rings is 1. The molecule has 2 heterocycles. The Balaban J connectivity index is 1.95. The fourth-order valence-electron chi connectivity index (χ4n) is 2.20. The van der Waals surface area contributed by atoms with Gasteiger partial charge in [0.05, 0.1) is 6.04 Å². The van der Waals surface area contributed by atoms with Crippen molar-refractivity contribution < 1.29 is 9.47 Å². The predicted molar refractivity (Wildman–Crippen MR) is 72.7 cm³/mol. The fourth-order valence-corrected chi connectivity index (χ4v) is 2.89. The maximum Gasteiger partial charge on any atom is 0.161 e. The molecule has 0 bridgehead atoms. The van der Waals surface area contributed by atoms with E-state index in [1.54, 1.807) is 11.3 Å². The Bertz CT molecular complexity index is 525. The van der Waals surface area contributed by atoms with Gasteiger partial charge in [-0.1, -0.05) is 6.07 Å². The first kappa shape index (κ1) is 11.6. The molecule has 0 radical (unpaired) electrons. The van der Waals surface area contributed by atoms with E-state index in [1.165, 1.54) is 11.1 Å². The Kier molecular flexibility index (Phi) is 3.21. The van der Waals surface area contributed by atoms with Gasteiger partial charge < -0.3 is 14.8 Å². The molecule has 1 aliphatic rings. The highest BCUT2D eigenvalue weighted by atomic mass is 32.1. The maximum absolute atomic E-state index is 5.63. The summed E-state index contributed by atoms with van der Waals surface area (Å²) < 4.78 is 11.2. The average molecular weight is 261 g/mol. The highest BCUT2D eigenvalue weighted by molar-refractivity contribution is 7.08. The third kappa shape index (κ3) is 2.09. The van der Waals surface area contributed by atoms with Crippen LogP contribution in [0.3, 0.4) is 0 Å². The lowest BCUT2D eigenvalue weighted by Crippen LogP contribution is -2.19. The van der Waals surface area contributed by atoms with E-state index in [9.17, 15) is 0 Å². The summed E-state index contributed by atoms with van der Waals surface area (Å²) in [6, 6.07) is 8.48. The Morgan fingerprint density at radius 1 is 1.11 bits per heavy atom. The van der Waals surface area contributed by atoms with Crippen LogP contribution >= 0.6 is 11.3 Å². The van der Waals surface area contributed by atoms with E-state index in [0.29, 0.717) is 13.2 Å². The molecule has 1 atom stereocenters. The van der Waals surface area contributed by atoms with E-state index < -0.39 is 0 Å². The molecule has 0 saturated heterocycles. The van der Waals surface area contributed by atoms with Crippen LogP contribution in [0.5, 0.6) is 11.5 Å². The summed E-state index contributed by atoms with van der Waals surface area (Å²) in [5, 5.41) is 7.60. The van der Waals surface area contributed by atoms with Crippen LogP contribution in [-0.4, -0.2) is 20.3 Å². The molecule has 0 saturated carbocycles. The zero-order chi connectivity index (χ0) is 12.4. The number of benzene rings is 1. The summed E-state index contributed by atoms with van der Waals surface area (Å²) >= 11 is 1.71. The monoisotopic (exact) mass is 261 g/mol. The van der Waals surface area contributed by atoms with Gasteiger partial charge in [0, 0.05) is 0 Å². The molecule has 1 aromatic carbocycles. The fraction of sp³-hybridized carbons (Fsp3) is 0.286. The molecule has 1 N–H and O–H groups in total. The number of hydrogen-bond acceptors (Lipinski definition) is 4. The van der Waals surface area contributed by atoms with Crippen LogP contribution in [0.15, 0.2) is 35.0 Å². The lowest BCUT2D eigenvalue weighted by atomic mass is 10.0. The third-order valence-electron chi connectivity index (χ3n) is 3.06. The maximum atomic E-state index is 5.63. The molecule has 1 aromatic heterocycles. The van der Waals surface area contributed by atoms with E-state index in [4.69, 9.17) is 9.47 Å². The Labute approximate surface area is 110 Å². The molecule has 1 unspecified atom stereocenters. The Morgan fingerprint density at radius 2 is 1.94 bits per heavy atom. The van der Waals surface area contributed by atoms with Gasteiger partial charge >= 0.3 is 0 Å². The Hall–Kier alpha value is -1.52. The van der Waals surface area contributed by atoms with Crippen molar-refractivity contribution >= 4 is 11.3 Å². The minimum Gasteiger partial charge on any atom is -0.486 e. The number of ether oxygens (including phenoxy) is 2. The first-order chi connectivity index (χ1) is 8.88. The zero-order valence-electron chi connectivity index (χ0n) is 10.2. The van der Waals surface area contributed by atoms with E-state index in [-0.39, 0.29) is 6.04 Å². The molecule has 3 rings (SSSR count). The molecular weight excluding hydrogens is 246 g/mol. The second kappa shape index (κ2) is 5.00. The molecule has 0 spiro atoms. The van der Waals surface area contributed by atoms with Gasteiger partial charge in [-0.3, -0.25) is 0 Å². The second-order valence-electron chi connectivity index (χ2n) is 4.18. The quantitative estimate of drug-likeness (QED) is 0.921. The largest absolute Gasteiger partial charge is 0.486 e. The normalized spacial score (nSPS) is 15.4. The van der Waals surface area contributed by atoms with Crippen molar-refractivity contribution in [3.63, 3.8) is 0 Å². The molecular formula is C14H15NO2S. The molecule has 4 heteroatoms. The van der Waals surface area contributed by atoms with E-state index in [0.717, 1.165) is 11.5 Å². The third-order valence-corrected chi connectivity index (χ3v) is 3.77. The van der Waals surface area contributed by atoms with Crippen molar-refractivity contribution in [3.8, 4) is 11.5 Å². The van der Waals surface area contributed by atoms with Crippen molar-refractivity contribution in [2.45, 2.75) is 6.04 Å². The van der Waals surface area contributed by atoms with Crippen LogP contribution in [0.4, 0.5) is 0 Å². The van der Waals surface area contributed by atoms with Crippen LogP contribution < -0.4 is 14.8 Å². The topological polar surface area (TPSA) is 30.5 Å². The summed E-state index contributed by atoms with van der Waals surface area (Å²) in [5.74, 6) is 1.68. The van der Waals surface area contributed by atoms with Gasteiger partial charge in [-0.2, -0.15) is 11.3 Å². The lowest BCUT2D eigenvalue weighted by Gasteiger charge is -2.21. The minimum atomic E-state index is 0.201. The SMILES string of the molecule is CNC(c1ccsc1)c1ccc2c(c1)OCCO2. The minimum absolute atomic E-state index is 0.201. The highest BCUT2D eigenvalue weighted by Gasteiger charge is 2.17. The van der Waals surface area contributed by atoms with Gasteiger partial charge in [-0.15, -0.1) is 0 Å². The van der Waals surface area contributed by atoms with Crippen molar-refractivity contribution in [1.29, 1.82) is 0 Å². The van der Waals surface area contributed by atoms with Crippen molar-refractivity contribution in [2.75, 3.05) is 20.3 Å². The predicted octanol–water partition coefficient (Wildman–Crippen LogP) is 2.83. The summed E-state index contributed by atoms with van der Waals surface area (Å²) in [4.78, 5) is 0. The Morgan fingerprint density at radius 3 is 2.67 bits per heavy atom. The summed E-state index contributed by atoms with van der Waals surface area (Å²) in [6.07, 6.45) is 0. The van der Waals surface area contributed by atoms with Crippen LogP contribution in [0.2, 0.25) is 0 Å². The average Bonchev–Trinajstić information content (AvgIpc) is 2.93. The van der Waals surface area contributed by atoms with Crippen LogP contribution in [0.1, 0.15) is 17.2 Å². The molecule has 0 fully saturated rings. The van der Waals surface area contributed by atoms with E-state index >= 15 is 0 Å². The zero-order valence-corrected chi connectivity index (χ0v) is 11.0. The van der Waals surface area contributed by atoms with Gasteiger partial charge in [0.2, 0.25) is 0 Å². The molecule has 18 heavy (non-hydrogen) atoms. The van der Waals surface area contributed by atoms with Crippen molar-refractivity contribution in [1.82, 2.24) is 5.32 Å². The molecule has 0 amide bonds. The number of fused-ring (bicyclic) bond motifs is 1. The second-order valence-corrected chi connectivity index (χ2v) is 4.96.